The molecule has 6 nitrogen and oxygen atoms in total. The first kappa shape index (κ1) is 17.7. The highest BCUT2D eigenvalue weighted by molar-refractivity contribution is 5.89. The average molecular weight is 362 g/mol. The lowest BCUT2D eigenvalue weighted by atomic mass is 10.0. The van der Waals surface area contributed by atoms with Gasteiger partial charge in [0.25, 0.3) is 0 Å². The number of nitrogen functional groups attached to an aromatic ring is 1. The van der Waals surface area contributed by atoms with Gasteiger partial charge in [-0.2, -0.15) is 9.97 Å². The maximum absolute atomic E-state index is 6.20. The van der Waals surface area contributed by atoms with E-state index in [9.17, 15) is 0 Å². The van der Waals surface area contributed by atoms with Crippen LogP contribution in [0.1, 0.15) is 29.7 Å². The van der Waals surface area contributed by atoms with Gasteiger partial charge in [-0.3, -0.25) is 4.90 Å². The zero-order valence-corrected chi connectivity index (χ0v) is 15.9. The van der Waals surface area contributed by atoms with Crippen molar-refractivity contribution in [3.05, 3.63) is 53.2 Å². The molecule has 1 atom stereocenters. The quantitative estimate of drug-likeness (QED) is 0.741. The Morgan fingerprint density at radius 2 is 1.96 bits per heavy atom. The molecule has 0 bridgehead atoms. The molecular formula is C21H26N6. The molecule has 4 rings (SSSR count). The van der Waals surface area contributed by atoms with Crippen molar-refractivity contribution in [1.82, 2.24) is 19.9 Å². The third-order valence-electron chi connectivity index (χ3n) is 5.11. The number of likely N-dealkylation sites (tertiary alicyclic amines) is 1. The molecule has 3 heterocycles. The summed E-state index contributed by atoms with van der Waals surface area (Å²) in [5, 5.41) is 4.33. The molecule has 0 aliphatic carbocycles. The normalized spacial score (nSPS) is 17.9. The van der Waals surface area contributed by atoms with Gasteiger partial charge in [-0.05, 0) is 50.4 Å². The van der Waals surface area contributed by atoms with Gasteiger partial charge in [0, 0.05) is 24.8 Å². The maximum atomic E-state index is 6.20. The molecular weight excluding hydrogens is 336 g/mol. The topological polar surface area (TPSA) is 80.0 Å². The lowest BCUT2D eigenvalue weighted by Gasteiger charge is -2.33. The number of hydrogen-bond donors (Lipinski definition) is 2. The Bertz CT molecular complexity index is 940. The Balaban J connectivity index is 1.50. The van der Waals surface area contributed by atoms with E-state index >= 15 is 0 Å². The van der Waals surface area contributed by atoms with Crippen molar-refractivity contribution >= 4 is 22.8 Å². The molecule has 27 heavy (non-hydrogen) atoms. The minimum absolute atomic E-state index is 0.310. The van der Waals surface area contributed by atoms with Crippen LogP contribution in [-0.2, 0) is 6.54 Å². The second-order valence-corrected chi connectivity index (χ2v) is 7.42. The van der Waals surface area contributed by atoms with Gasteiger partial charge >= 0.3 is 0 Å². The molecule has 1 unspecified atom stereocenters. The summed E-state index contributed by atoms with van der Waals surface area (Å²) in [6, 6.07) is 12.9. The van der Waals surface area contributed by atoms with E-state index < -0.39 is 0 Å². The van der Waals surface area contributed by atoms with E-state index in [-0.39, 0.29) is 0 Å². The third-order valence-corrected chi connectivity index (χ3v) is 5.11. The first-order valence-electron chi connectivity index (χ1n) is 9.53. The molecule has 1 aromatic carbocycles. The third kappa shape index (κ3) is 4.01. The van der Waals surface area contributed by atoms with Crippen molar-refractivity contribution < 1.29 is 0 Å². The Hall–Kier alpha value is -2.73. The Kier molecular flexibility index (Phi) is 4.90. The fourth-order valence-electron chi connectivity index (χ4n) is 3.92. The van der Waals surface area contributed by atoms with Crippen molar-refractivity contribution in [2.24, 2.45) is 0 Å². The van der Waals surface area contributed by atoms with Gasteiger partial charge in [-0.25, -0.2) is 4.98 Å². The number of rotatable bonds is 4. The summed E-state index contributed by atoms with van der Waals surface area (Å²) in [5.74, 6) is 1.06. The fourth-order valence-corrected chi connectivity index (χ4v) is 3.92. The first-order valence-corrected chi connectivity index (χ1v) is 9.53. The van der Waals surface area contributed by atoms with Crippen molar-refractivity contribution in [3.63, 3.8) is 0 Å². The van der Waals surface area contributed by atoms with E-state index in [4.69, 9.17) is 5.73 Å². The number of pyridine rings is 1. The molecule has 0 radical (unpaired) electrons. The highest BCUT2D eigenvalue weighted by atomic mass is 15.2. The highest BCUT2D eigenvalue weighted by Gasteiger charge is 2.21. The van der Waals surface area contributed by atoms with Crippen LogP contribution in [0.5, 0.6) is 0 Å². The van der Waals surface area contributed by atoms with Gasteiger partial charge in [0.05, 0.1) is 5.39 Å². The van der Waals surface area contributed by atoms with Crippen molar-refractivity contribution in [1.29, 1.82) is 0 Å². The van der Waals surface area contributed by atoms with Gasteiger partial charge in [0.15, 0.2) is 5.65 Å². The van der Waals surface area contributed by atoms with E-state index in [1.54, 1.807) is 0 Å². The van der Waals surface area contributed by atoms with Crippen molar-refractivity contribution in [2.75, 3.05) is 24.1 Å². The molecule has 0 amide bonds. The highest BCUT2D eigenvalue weighted by Crippen LogP contribution is 2.24. The maximum Gasteiger partial charge on any atom is 0.226 e. The number of hydrogen-bond acceptors (Lipinski definition) is 6. The van der Waals surface area contributed by atoms with E-state index in [1.807, 2.05) is 19.9 Å². The Labute approximate surface area is 159 Å². The molecule has 140 valence electrons. The van der Waals surface area contributed by atoms with Crippen LogP contribution in [0.25, 0.3) is 11.0 Å². The summed E-state index contributed by atoms with van der Waals surface area (Å²) >= 11 is 0. The number of nitrogens with zero attached hydrogens (tertiary/aromatic N) is 4. The predicted octanol–water partition coefficient (Wildman–Crippen LogP) is 3.30. The number of fused-ring (bicyclic) bond motifs is 1. The van der Waals surface area contributed by atoms with Crippen LogP contribution in [0.3, 0.4) is 0 Å². The van der Waals surface area contributed by atoms with Gasteiger partial charge in [0.1, 0.15) is 5.82 Å². The minimum atomic E-state index is 0.310. The number of nitrogens with two attached hydrogens (primary N) is 1. The molecule has 3 aromatic rings. The number of anilines is 2. The van der Waals surface area contributed by atoms with Gasteiger partial charge in [0.2, 0.25) is 5.95 Å². The number of benzene rings is 1. The summed E-state index contributed by atoms with van der Waals surface area (Å²) in [5.41, 5.74) is 10.2. The number of piperidine rings is 1. The van der Waals surface area contributed by atoms with E-state index in [1.165, 1.54) is 5.56 Å². The summed E-state index contributed by atoms with van der Waals surface area (Å²) < 4.78 is 0. The van der Waals surface area contributed by atoms with E-state index in [0.29, 0.717) is 23.5 Å². The lowest BCUT2D eigenvalue weighted by molar-refractivity contribution is 0.208. The Morgan fingerprint density at radius 3 is 2.78 bits per heavy atom. The molecule has 2 aromatic heterocycles. The summed E-state index contributed by atoms with van der Waals surface area (Å²) in [6.07, 6.45) is 2.26. The molecule has 1 aliphatic heterocycles. The summed E-state index contributed by atoms with van der Waals surface area (Å²) in [6.45, 7) is 7.05. The SMILES string of the molecule is Cc1cc(C)c2c(N)nc(NC3CCCN(Cc4ccccc4)C3)nc2n1. The van der Waals surface area contributed by atoms with Crippen molar-refractivity contribution in [2.45, 2.75) is 39.3 Å². The second kappa shape index (κ2) is 7.48. The molecule has 1 saturated heterocycles. The zero-order valence-electron chi connectivity index (χ0n) is 15.9. The zero-order chi connectivity index (χ0) is 18.8. The average Bonchev–Trinajstić information content (AvgIpc) is 2.62. The second-order valence-electron chi connectivity index (χ2n) is 7.42. The lowest BCUT2D eigenvalue weighted by Crippen LogP contribution is -2.41. The minimum Gasteiger partial charge on any atom is -0.383 e. The van der Waals surface area contributed by atoms with E-state index in [2.05, 4.69) is 55.5 Å². The largest absolute Gasteiger partial charge is 0.383 e. The van der Waals surface area contributed by atoms with Crippen LogP contribution in [0.15, 0.2) is 36.4 Å². The van der Waals surface area contributed by atoms with E-state index in [0.717, 1.165) is 49.1 Å². The summed E-state index contributed by atoms with van der Waals surface area (Å²) in [4.78, 5) is 16.1. The Morgan fingerprint density at radius 1 is 1.15 bits per heavy atom. The first-order chi connectivity index (χ1) is 13.1. The van der Waals surface area contributed by atoms with Gasteiger partial charge in [-0.1, -0.05) is 30.3 Å². The molecule has 6 heteroatoms. The fraction of sp³-hybridized carbons (Fsp3) is 0.381. The molecule has 3 N–H and O–H groups in total. The number of aryl methyl sites for hydroxylation is 2. The molecule has 0 saturated carbocycles. The van der Waals surface area contributed by atoms with Crippen LogP contribution in [0.2, 0.25) is 0 Å². The predicted molar refractivity (Wildman–Crippen MR) is 110 cm³/mol. The van der Waals surface area contributed by atoms with Gasteiger partial charge < -0.3 is 11.1 Å². The number of nitrogens with one attached hydrogen (secondary N) is 1. The molecule has 0 spiro atoms. The van der Waals surface area contributed by atoms with Gasteiger partial charge in [-0.15, -0.1) is 0 Å². The van der Waals surface area contributed by atoms with Crippen LogP contribution in [-0.4, -0.2) is 39.0 Å². The summed E-state index contributed by atoms with van der Waals surface area (Å²) in [7, 11) is 0. The van der Waals surface area contributed by atoms with Crippen molar-refractivity contribution in [3.8, 4) is 0 Å². The number of aromatic nitrogens is 3. The smallest absolute Gasteiger partial charge is 0.226 e. The van der Waals surface area contributed by atoms with Crippen LogP contribution in [0, 0.1) is 13.8 Å². The van der Waals surface area contributed by atoms with Crippen LogP contribution >= 0.6 is 0 Å². The van der Waals surface area contributed by atoms with Crippen LogP contribution in [0.4, 0.5) is 11.8 Å². The van der Waals surface area contributed by atoms with Crippen LogP contribution < -0.4 is 11.1 Å². The molecule has 1 fully saturated rings. The standard InChI is InChI=1S/C21H26N6/c1-14-11-15(2)23-20-18(14)19(22)25-21(26-20)24-17-9-6-10-27(13-17)12-16-7-4-3-5-8-16/h3-5,7-8,11,17H,6,9-10,12-13H2,1-2H3,(H3,22,23,24,25,26). The molecule has 1 aliphatic rings. The monoisotopic (exact) mass is 362 g/mol.